The number of benzene rings is 1. The van der Waals surface area contributed by atoms with Crippen LogP contribution in [0.2, 0.25) is 0 Å². The van der Waals surface area contributed by atoms with Crippen molar-refractivity contribution >= 4 is 11.6 Å². The summed E-state index contributed by atoms with van der Waals surface area (Å²) in [5.41, 5.74) is 2.63. The Morgan fingerprint density at radius 2 is 2.21 bits per heavy atom. The number of carbonyl (C=O) groups is 1. The highest BCUT2D eigenvalue weighted by Crippen LogP contribution is 2.34. The molecule has 0 aliphatic carbocycles. The van der Waals surface area contributed by atoms with Gasteiger partial charge in [0.2, 0.25) is 11.8 Å². The number of carbonyl (C=O) groups excluding carboxylic acids is 1. The molecule has 3 N–H and O–H groups in total. The van der Waals surface area contributed by atoms with Crippen LogP contribution < -0.4 is 15.4 Å². The van der Waals surface area contributed by atoms with Crippen molar-refractivity contribution in [2.75, 3.05) is 12.4 Å². The smallest absolute Gasteiger partial charge is 0.246 e. The number of ether oxygens (including phenoxy) is 1. The number of hydrogen-bond donors (Lipinski definition) is 3. The summed E-state index contributed by atoms with van der Waals surface area (Å²) in [6.45, 7) is 1.90. The Hall–Kier alpha value is -2.34. The number of fused-ring (bicyclic) bond motifs is 1. The maximum Gasteiger partial charge on any atom is 0.246 e. The highest BCUT2D eigenvalue weighted by Gasteiger charge is 2.29. The molecule has 2 heterocycles. The van der Waals surface area contributed by atoms with Crippen molar-refractivity contribution in [3.8, 4) is 11.6 Å². The van der Waals surface area contributed by atoms with Gasteiger partial charge in [0.15, 0.2) is 0 Å². The Morgan fingerprint density at radius 3 is 2.89 bits per heavy atom. The first-order chi connectivity index (χ1) is 9.17. The standard InChI is InChI=1S/C13H14N4O2/c1-7-5-11(17-16-7)19-8-3-4-9-10(6-8)15-13(18)12(9)14-2/h3-6,12,14H,1-2H3,(H,15,18)(H,16,17). The van der Waals surface area contributed by atoms with E-state index in [-0.39, 0.29) is 11.9 Å². The molecule has 0 fully saturated rings. The van der Waals surface area contributed by atoms with Crippen molar-refractivity contribution < 1.29 is 9.53 Å². The summed E-state index contributed by atoms with van der Waals surface area (Å²) in [5.74, 6) is 1.10. The molecule has 1 atom stereocenters. The van der Waals surface area contributed by atoms with Crippen molar-refractivity contribution in [1.29, 1.82) is 0 Å². The number of nitrogens with one attached hydrogen (secondary N) is 3. The van der Waals surface area contributed by atoms with E-state index in [4.69, 9.17) is 4.74 Å². The molecule has 1 aromatic heterocycles. The minimum absolute atomic E-state index is 0.0507. The second-order valence-corrected chi connectivity index (χ2v) is 4.45. The van der Waals surface area contributed by atoms with E-state index in [1.165, 1.54) is 0 Å². The van der Waals surface area contributed by atoms with Gasteiger partial charge in [-0.25, -0.2) is 0 Å². The number of rotatable bonds is 3. The minimum Gasteiger partial charge on any atom is -0.437 e. The molecule has 0 bridgehead atoms. The lowest BCUT2D eigenvalue weighted by molar-refractivity contribution is -0.117. The summed E-state index contributed by atoms with van der Waals surface area (Å²) < 4.78 is 5.61. The predicted molar refractivity (Wildman–Crippen MR) is 70.3 cm³/mol. The average Bonchev–Trinajstić information content (AvgIpc) is 2.91. The third-order valence-electron chi connectivity index (χ3n) is 3.05. The molecule has 3 rings (SSSR count). The van der Waals surface area contributed by atoms with E-state index >= 15 is 0 Å². The van der Waals surface area contributed by atoms with Crippen molar-refractivity contribution in [1.82, 2.24) is 15.5 Å². The van der Waals surface area contributed by atoms with Crippen molar-refractivity contribution in [2.24, 2.45) is 0 Å². The fourth-order valence-electron chi connectivity index (χ4n) is 2.16. The van der Waals surface area contributed by atoms with Gasteiger partial charge in [0.05, 0.1) is 0 Å². The topological polar surface area (TPSA) is 79.0 Å². The van der Waals surface area contributed by atoms with Crippen LogP contribution in [0.4, 0.5) is 5.69 Å². The first-order valence-corrected chi connectivity index (χ1v) is 5.99. The van der Waals surface area contributed by atoms with Crippen LogP contribution in [0.3, 0.4) is 0 Å². The third kappa shape index (κ3) is 2.06. The molecular formula is C13H14N4O2. The number of aryl methyl sites for hydroxylation is 1. The second-order valence-electron chi connectivity index (χ2n) is 4.45. The van der Waals surface area contributed by atoms with E-state index in [0.717, 1.165) is 16.9 Å². The zero-order chi connectivity index (χ0) is 13.4. The first kappa shape index (κ1) is 11.7. The zero-order valence-electron chi connectivity index (χ0n) is 10.7. The monoisotopic (exact) mass is 258 g/mol. The number of anilines is 1. The molecule has 1 unspecified atom stereocenters. The zero-order valence-corrected chi connectivity index (χ0v) is 10.7. The van der Waals surface area contributed by atoms with Crippen LogP contribution in [0.15, 0.2) is 24.3 Å². The highest BCUT2D eigenvalue weighted by atomic mass is 16.5. The van der Waals surface area contributed by atoms with Crippen molar-refractivity contribution in [2.45, 2.75) is 13.0 Å². The number of likely N-dealkylation sites (N-methyl/N-ethyl adjacent to an activating group) is 1. The Bertz CT molecular complexity index is 635. The average molecular weight is 258 g/mol. The summed E-state index contributed by atoms with van der Waals surface area (Å²) in [7, 11) is 1.76. The lowest BCUT2D eigenvalue weighted by atomic mass is 10.1. The minimum atomic E-state index is -0.295. The van der Waals surface area contributed by atoms with E-state index in [0.29, 0.717) is 11.6 Å². The molecule has 19 heavy (non-hydrogen) atoms. The molecule has 1 amide bonds. The first-order valence-electron chi connectivity index (χ1n) is 5.99. The van der Waals surface area contributed by atoms with Crippen LogP contribution in [0.25, 0.3) is 0 Å². The van der Waals surface area contributed by atoms with Gasteiger partial charge in [0.1, 0.15) is 11.8 Å². The van der Waals surface area contributed by atoms with Gasteiger partial charge in [-0.2, -0.15) is 0 Å². The number of nitrogens with zero attached hydrogens (tertiary/aromatic N) is 1. The maximum absolute atomic E-state index is 11.7. The molecule has 0 saturated heterocycles. The van der Waals surface area contributed by atoms with Crippen LogP contribution in [-0.2, 0) is 4.79 Å². The Kier molecular flexibility index (Phi) is 2.72. The van der Waals surface area contributed by atoms with Gasteiger partial charge in [-0.1, -0.05) is 6.07 Å². The van der Waals surface area contributed by atoms with Gasteiger partial charge in [0, 0.05) is 29.1 Å². The number of aromatic nitrogens is 2. The van der Waals surface area contributed by atoms with Crippen molar-refractivity contribution in [3.05, 3.63) is 35.5 Å². The molecule has 6 nitrogen and oxygen atoms in total. The van der Waals surface area contributed by atoms with Gasteiger partial charge in [0.25, 0.3) is 0 Å². The number of hydrogen-bond acceptors (Lipinski definition) is 4. The summed E-state index contributed by atoms with van der Waals surface area (Å²) in [4.78, 5) is 11.7. The fraction of sp³-hybridized carbons (Fsp3) is 0.231. The molecule has 1 aliphatic heterocycles. The molecule has 0 saturated carbocycles. The molecule has 1 aromatic carbocycles. The SMILES string of the molecule is CNC1C(=O)Nc2cc(Oc3cc(C)[nH]n3)ccc21. The Labute approximate surface area is 110 Å². The van der Waals surface area contributed by atoms with E-state index in [1.54, 1.807) is 13.1 Å². The Balaban J connectivity index is 1.87. The molecule has 2 aromatic rings. The normalized spacial score (nSPS) is 17.2. The number of amides is 1. The summed E-state index contributed by atoms with van der Waals surface area (Å²) in [6, 6.07) is 7.02. The lowest BCUT2D eigenvalue weighted by Crippen LogP contribution is -2.23. The lowest BCUT2D eigenvalue weighted by Gasteiger charge is -2.07. The molecule has 0 radical (unpaired) electrons. The molecular weight excluding hydrogens is 244 g/mol. The third-order valence-corrected chi connectivity index (χ3v) is 3.05. The molecule has 98 valence electrons. The van der Waals surface area contributed by atoms with Gasteiger partial charge < -0.3 is 15.4 Å². The fourth-order valence-corrected chi connectivity index (χ4v) is 2.16. The van der Waals surface area contributed by atoms with Crippen molar-refractivity contribution in [3.63, 3.8) is 0 Å². The molecule has 1 aliphatic rings. The summed E-state index contributed by atoms with van der Waals surface area (Å²) >= 11 is 0. The van der Waals surface area contributed by atoms with E-state index in [9.17, 15) is 4.79 Å². The van der Waals surface area contributed by atoms with E-state index < -0.39 is 0 Å². The molecule has 6 heteroatoms. The van der Waals surface area contributed by atoms with E-state index in [1.807, 2.05) is 25.1 Å². The van der Waals surface area contributed by atoms with Crippen LogP contribution in [0, 0.1) is 6.92 Å². The van der Waals surface area contributed by atoms with Gasteiger partial charge in [-0.05, 0) is 20.0 Å². The van der Waals surface area contributed by atoms with Gasteiger partial charge >= 0.3 is 0 Å². The van der Waals surface area contributed by atoms with Gasteiger partial charge in [-0.15, -0.1) is 5.10 Å². The van der Waals surface area contributed by atoms with Crippen LogP contribution in [-0.4, -0.2) is 23.2 Å². The van der Waals surface area contributed by atoms with E-state index in [2.05, 4.69) is 20.8 Å². The number of H-pyrrole nitrogens is 1. The summed E-state index contributed by atoms with van der Waals surface area (Å²) in [6.07, 6.45) is 0. The predicted octanol–water partition coefficient (Wildman–Crippen LogP) is 1.72. The Morgan fingerprint density at radius 1 is 1.37 bits per heavy atom. The summed E-state index contributed by atoms with van der Waals surface area (Å²) in [5, 5.41) is 12.6. The second kappa shape index (κ2) is 4.40. The number of aromatic amines is 1. The molecule has 0 spiro atoms. The van der Waals surface area contributed by atoms with Crippen LogP contribution >= 0.6 is 0 Å². The van der Waals surface area contributed by atoms with Crippen LogP contribution in [0.5, 0.6) is 11.6 Å². The maximum atomic E-state index is 11.7. The largest absolute Gasteiger partial charge is 0.437 e. The van der Waals surface area contributed by atoms with Gasteiger partial charge in [-0.3, -0.25) is 9.89 Å². The van der Waals surface area contributed by atoms with Crippen LogP contribution in [0.1, 0.15) is 17.3 Å². The quantitative estimate of drug-likeness (QED) is 0.783. The highest BCUT2D eigenvalue weighted by molar-refractivity contribution is 6.02.